The van der Waals surface area contributed by atoms with Crippen LogP contribution >= 0.6 is 23.2 Å². The monoisotopic (exact) mass is 825 g/mol. The molecular formula is C39H37Cl2N11O6. The summed E-state index contributed by atoms with van der Waals surface area (Å²) in [5.74, 6) is 0.394. The normalized spacial score (nSPS) is 18.1. The Morgan fingerprint density at radius 1 is 0.862 bits per heavy atom. The topological polar surface area (TPSA) is 206 Å². The Bertz CT molecular complexity index is 2600. The molecule has 4 N–H and O–H groups in total. The van der Waals surface area contributed by atoms with Crippen molar-refractivity contribution in [3.63, 3.8) is 0 Å². The van der Waals surface area contributed by atoms with E-state index in [4.69, 9.17) is 27.9 Å². The number of rotatable bonds is 8. The average molecular weight is 827 g/mol. The van der Waals surface area contributed by atoms with E-state index in [9.17, 15) is 24.0 Å². The van der Waals surface area contributed by atoms with Crippen LogP contribution in [-0.4, -0.2) is 76.6 Å². The van der Waals surface area contributed by atoms with E-state index in [2.05, 4.69) is 41.4 Å². The van der Waals surface area contributed by atoms with E-state index < -0.39 is 17.6 Å². The quantitative estimate of drug-likeness (QED) is 0.0827. The third-order valence-corrected chi connectivity index (χ3v) is 9.60. The summed E-state index contributed by atoms with van der Waals surface area (Å²) in [6, 6.07) is 11.2. The number of anilines is 4. The number of hydrogen-bond donors (Lipinski definition) is 4. The zero-order valence-corrected chi connectivity index (χ0v) is 33.0. The maximum atomic E-state index is 12.9. The Labute approximate surface area is 340 Å². The number of imide groups is 2. The van der Waals surface area contributed by atoms with Crippen molar-refractivity contribution in [2.75, 3.05) is 15.5 Å². The second-order valence-corrected chi connectivity index (χ2v) is 16.0. The number of carbonyl (C=O) groups is 5. The van der Waals surface area contributed by atoms with Crippen LogP contribution in [0, 0.1) is 0 Å². The highest BCUT2D eigenvalue weighted by Crippen LogP contribution is 2.35. The molecule has 1 aromatic carbocycles. The summed E-state index contributed by atoms with van der Waals surface area (Å²) in [4.78, 5) is 70.1. The lowest BCUT2D eigenvalue weighted by Crippen LogP contribution is -2.39. The minimum absolute atomic E-state index is 0.00393. The fraction of sp³-hybridized carbons (Fsp3) is 0.308. The van der Waals surface area contributed by atoms with Crippen LogP contribution < -0.4 is 26.2 Å². The standard InChI is InChI=1S/C20H17ClN6O2.C19H20ClN5O4/c21-13-2-1-3-15(8-13)23-16-9-17(24-14-4-5-14)27-19(25-16)12(10-22-27)6-11-7-18(28)26-20(11)29;1-19(2,3)29-18(28)24(12-4-5-12)15-8-13(20)22-16-11(9-21-25(15)16)6-10-7-14(26)23-17(10)27/h1-3,6,8-10,14,24H,4-5,7H2,(H,23,25)(H,26,28,29);6,8-9,12H,4-5,7H2,1-3H3,(H,23,26,27)/b11-6+;10-6+. The van der Waals surface area contributed by atoms with Gasteiger partial charge in [0.05, 0.1) is 25.2 Å². The van der Waals surface area contributed by atoms with Gasteiger partial charge in [-0.2, -0.15) is 19.2 Å². The fourth-order valence-corrected chi connectivity index (χ4v) is 6.67. The van der Waals surface area contributed by atoms with Gasteiger partial charge in [-0.15, -0.1) is 0 Å². The molecule has 0 spiro atoms. The van der Waals surface area contributed by atoms with Gasteiger partial charge in [-0.1, -0.05) is 29.3 Å². The van der Waals surface area contributed by atoms with Gasteiger partial charge in [-0.25, -0.2) is 14.8 Å². The van der Waals surface area contributed by atoms with Gasteiger partial charge in [0.1, 0.15) is 28.2 Å². The molecule has 0 unspecified atom stereocenters. The van der Waals surface area contributed by atoms with Crippen molar-refractivity contribution in [1.29, 1.82) is 0 Å². The van der Waals surface area contributed by atoms with Crippen LogP contribution in [0.2, 0.25) is 10.2 Å². The Balaban J connectivity index is 0.000000162. The van der Waals surface area contributed by atoms with Crippen LogP contribution in [0.15, 0.2) is 59.9 Å². The predicted octanol–water partition coefficient (Wildman–Crippen LogP) is 5.85. The Hall–Kier alpha value is -6.33. The number of nitrogens with one attached hydrogen (secondary N) is 4. The first kappa shape index (κ1) is 38.5. The average Bonchev–Trinajstić information content (AvgIpc) is 4.01. The lowest BCUT2D eigenvalue weighted by molar-refractivity contribution is -0.125. The van der Waals surface area contributed by atoms with Gasteiger partial charge >= 0.3 is 6.09 Å². The van der Waals surface area contributed by atoms with Crippen LogP contribution in [0.3, 0.4) is 0 Å². The molecule has 9 rings (SSSR count). The molecule has 58 heavy (non-hydrogen) atoms. The number of carbonyl (C=O) groups excluding carboxylic acids is 5. The highest BCUT2D eigenvalue weighted by Gasteiger charge is 2.38. The molecule has 4 aromatic heterocycles. The predicted molar refractivity (Wildman–Crippen MR) is 216 cm³/mol. The van der Waals surface area contributed by atoms with Gasteiger partial charge in [0.2, 0.25) is 11.8 Å². The summed E-state index contributed by atoms with van der Waals surface area (Å²) >= 11 is 12.3. The summed E-state index contributed by atoms with van der Waals surface area (Å²) in [5, 5.41) is 20.8. The summed E-state index contributed by atoms with van der Waals surface area (Å²) < 4.78 is 8.77. The van der Waals surface area contributed by atoms with Crippen LogP contribution in [0.4, 0.5) is 27.9 Å². The minimum atomic E-state index is -0.651. The zero-order valence-electron chi connectivity index (χ0n) is 31.5. The van der Waals surface area contributed by atoms with Crippen molar-refractivity contribution in [2.24, 2.45) is 0 Å². The van der Waals surface area contributed by atoms with Crippen LogP contribution in [0.5, 0.6) is 0 Å². The molecule has 4 fully saturated rings. The van der Waals surface area contributed by atoms with Crippen LogP contribution in [0.1, 0.15) is 70.4 Å². The van der Waals surface area contributed by atoms with Gasteiger partial charge < -0.3 is 15.4 Å². The Morgan fingerprint density at radius 3 is 2.03 bits per heavy atom. The molecule has 2 aliphatic carbocycles. The first-order chi connectivity index (χ1) is 27.7. The number of ether oxygens (including phenoxy) is 1. The number of fused-ring (bicyclic) bond motifs is 2. The maximum absolute atomic E-state index is 12.9. The zero-order chi connectivity index (χ0) is 40.9. The third kappa shape index (κ3) is 8.64. The van der Waals surface area contributed by atoms with E-state index in [1.54, 1.807) is 60.7 Å². The van der Waals surface area contributed by atoms with Gasteiger partial charge in [0.25, 0.3) is 11.8 Å². The van der Waals surface area contributed by atoms with Crippen LogP contribution in [0.25, 0.3) is 23.4 Å². The lowest BCUT2D eigenvalue weighted by Gasteiger charge is -2.27. The van der Waals surface area contributed by atoms with Gasteiger partial charge in [-0.05, 0) is 76.8 Å². The number of nitrogens with zero attached hydrogens (tertiary/aromatic N) is 7. The molecule has 5 aromatic rings. The number of hydrogen-bond acceptors (Lipinski definition) is 12. The van der Waals surface area contributed by atoms with Crippen molar-refractivity contribution in [1.82, 2.24) is 39.8 Å². The summed E-state index contributed by atoms with van der Waals surface area (Å²) in [5.41, 5.74) is 3.03. The van der Waals surface area contributed by atoms with E-state index in [-0.39, 0.29) is 41.8 Å². The second-order valence-electron chi connectivity index (χ2n) is 15.2. The van der Waals surface area contributed by atoms with E-state index in [1.165, 1.54) is 10.7 Å². The molecule has 2 saturated carbocycles. The molecule has 0 atom stereocenters. The molecule has 2 aliphatic heterocycles. The van der Waals surface area contributed by atoms with Gasteiger partial charge in [-0.3, -0.25) is 34.7 Å². The molecule has 4 aliphatic rings. The van der Waals surface area contributed by atoms with E-state index in [0.29, 0.717) is 56.3 Å². The minimum Gasteiger partial charge on any atom is -0.443 e. The van der Waals surface area contributed by atoms with E-state index in [0.717, 1.165) is 37.2 Å². The molecule has 19 heteroatoms. The first-order valence-electron chi connectivity index (χ1n) is 18.5. The van der Waals surface area contributed by atoms with Crippen molar-refractivity contribution in [2.45, 2.75) is 77.0 Å². The highest BCUT2D eigenvalue weighted by molar-refractivity contribution is 6.31. The molecule has 5 amide bonds. The molecule has 6 heterocycles. The molecule has 2 saturated heterocycles. The van der Waals surface area contributed by atoms with Crippen LogP contribution in [-0.2, 0) is 23.9 Å². The number of benzene rings is 1. The summed E-state index contributed by atoms with van der Waals surface area (Å²) in [6.07, 6.45) is 9.88. The Kier molecular flexibility index (Phi) is 10.1. The molecule has 0 radical (unpaired) electrons. The van der Waals surface area contributed by atoms with E-state index >= 15 is 0 Å². The highest BCUT2D eigenvalue weighted by atomic mass is 35.5. The van der Waals surface area contributed by atoms with Crippen molar-refractivity contribution in [3.8, 4) is 0 Å². The molecular weight excluding hydrogens is 789 g/mol. The summed E-state index contributed by atoms with van der Waals surface area (Å²) in [6.45, 7) is 5.41. The molecule has 298 valence electrons. The number of halogens is 2. The third-order valence-electron chi connectivity index (χ3n) is 9.17. The summed E-state index contributed by atoms with van der Waals surface area (Å²) in [7, 11) is 0. The largest absolute Gasteiger partial charge is 0.443 e. The maximum Gasteiger partial charge on any atom is 0.416 e. The number of amides is 5. The van der Waals surface area contributed by atoms with E-state index in [1.807, 2.05) is 24.3 Å². The fourth-order valence-electron chi connectivity index (χ4n) is 6.30. The van der Waals surface area contributed by atoms with Crippen molar-refractivity contribution in [3.05, 3.63) is 81.2 Å². The second kappa shape index (κ2) is 15.2. The van der Waals surface area contributed by atoms with Crippen molar-refractivity contribution >= 4 is 99.5 Å². The molecule has 0 bridgehead atoms. The SMILES string of the molecule is CC(C)(C)OC(=O)N(c1cc(Cl)nc2c(/C=C3\CC(=O)NC3=O)cnn12)C1CC1.O=C1C/C(=C\c2cnn3c(NC4CC4)cc(Nc4cccc(Cl)c4)nc23)C(=O)N1. The molecule has 17 nitrogen and oxygen atoms in total. The lowest BCUT2D eigenvalue weighted by atomic mass is 10.1. The van der Waals surface area contributed by atoms with Gasteiger partial charge in [0, 0.05) is 57.2 Å². The number of aromatic nitrogens is 6. The van der Waals surface area contributed by atoms with Crippen molar-refractivity contribution < 1.29 is 28.7 Å². The first-order valence-corrected chi connectivity index (χ1v) is 19.3. The Morgan fingerprint density at radius 2 is 1.48 bits per heavy atom. The smallest absolute Gasteiger partial charge is 0.416 e. The van der Waals surface area contributed by atoms with Gasteiger partial charge in [0.15, 0.2) is 11.3 Å².